The zero-order valence-corrected chi connectivity index (χ0v) is 10.5. The minimum atomic E-state index is 0.347. The molecule has 3 aromatic rings. The van der Waals surface area contributed by atoms with Crippen molar-refractivity contribution in [2.75, 3.05) is 0 Å². The summed E-state index contributed by atoms with van der Waals surface area (Å²) in [6.07, 6.45) is 6.70. The topological polar surface area (TPSA) is 52.8 Å². The van der Waals surface area contributed by atoms with Crippen LogP contribution in [-0.4, -0.2) is 19.5 Å². The first-order valence-corrected chi connectivity index (χ1v) is 5.93. The minimum Gasteiger partial charge on any atom is -0.439 e. The van der Waals surface area contributed by atoms with Crippen LogP contribution in [0.4, 0.5) is 0 Å². The van der Waals surface area contributed by atoms with Crippen molar-refractivity contribution in [2.24, 2.45) is 0 Å². The molecule has 0 radical (unpaired) electrons. The van der Waals surface area contributed by atoms with E-state index in [-0.39, 0.29) is 0 Å². The standard InChI is InChI=1S/C13H9ClN4O/c14-12-7-13(17-8-16-12)19-11-3-1-10(2-4-11)18-6-5-15-9-18/h1-9H. The van der Waals surface area contributed by atoms with Crippen molar-refractivity contribution < 1.29 is 4.74 Å². The summed E-state index contributed by atoms with van der Waals surface area (Å²) >= 11 is 5.76. The van der Waals surface area contributed by atoms with Gasteiger partial charge in [0, 0.05) is 24.1 Å². The van der Waals surface area contributed by atoms with Crippen LogP contribution in [0.25, 0.3) is 5.69 Å². The van der Waals surface area contributed by atoms with Gasteiger partial charge in [-0.05, 0) is 24.3 Å². The van der Waals surface area contributed by atoms with Crippen molar-refractivity contribution in [2.45, 2.75) is 0 Å². The van der Waals surface area contributed by atoms with Crippen LogP contribution >= 0.6 is 11.6 Å². The first kappa shape index (κ1) is 11.7. The highest BCUT2D eigenvalue weighted by atomic mass is 35.5. The number of hydrogen-bond donors (Lipinski definition) is 0. The van der Waals surface area contributed by atoms with Gasteiger partial charge in [-0.15, -0.1) is 0 Å². The van der Waals surface area contributed by atoms with E-state index in [9.17, 15) is 0 Å². The molecule has 0 spiro atoms. The lowest BCUT2D eigenvalue weighted by atomic mass is 10.3. The summed E-state index contributed by atoms with van der Waals surface area (Å²) < 4.78 is 7.48. The second-order valence-corrected chi connectivity index (χ2v) is 4.13. The van der Waals surface area contributed by atoms with Crippen molar-refractivity contribution in [1.82, 2.24) is 19.5 Å². The Bertz CT molecular complexity index is 667. The Hall–Kier alpha value is -2.40. The highest BCUT2D eigenvalue weighted by Crippen LogP contribution is 2.22. The van der Waals surface area contributed by atoms with Crippen molar-refractivity contribution in [1.29, 1.82) is 0 Å². The van der Waals surface area contributed by atoms with Gasteiger partial charge in [-0.1, -0.05) is 11.6 Å². The Labute approximate surface area is 114 Å². The molecule has 0 aliphatic rings. The van der Waals surface area contributed by atoms with Crippen LogP contribution in [0.5, 0.6) is 11.6 Å². The molecule has 94 valence electrons. The molecule has 0 amide bonds. The summed E-state index contributed by atoms with van der Waals surface area (Å²) in [6, 6.07) is 9.13. The van der Waals surface area contributed by atoms with Gasteiger partial charge >= 0.3 is 0 Å². The van der Waals surface area contributed by atoms with Crippen molar-refractivity contribution in [3.8, 4) is 17.3 Å². The number of nitrogens with zero attached hydrogens (tertiary/aromatic N) is 4. The molecule has 5 nitrogen and oxygen atoms in total. The van der Waals surface area contributed by atoms with Crippen LogP contribution in [0, 0.1) is 0 Å². The van der Waals surface area contributed by atoms with Gasteiger partial charge in [0.1, 0.15) is 17.2 Å². The molecule has 0 fully saturated rings. The van der Waals surface area contributed by atoms with Gasteiger partial charge in [0.25, 0.3) is 0 Å². The van der Waals surface area contributed by atoms with E-state index in [4.69, 9.17) is 16.3 Å². The number of imidazole rings is 1. The van der Waals surface area contributed by atoms with Crippen LogP contribution in [0.2, 0.25) is 5.15 Å². The van der Waals surface area contributed by atoms with E-state index in [2.05, 4.69) is 15.0 Å². The predicted molar refractivity (Wildman–Crippen MR) is 70.7 cm³/mol. The van der Waals surface area contributed by atoms with E-state index >= 15 is 0 Å². The normalized spacial score (nSPS) is 10.4. The lowest BCUT2D eigenvalue weighted by Crippen LogP contribution is -1.91. The average molecular weight is 273 g/mol. The molecule has 0 unspecified atom stereocenters. The molecule has 3 rings (SSSR count). The molecule has 0 aliphatic carbocycles. The molecule has 19 heavy (non-hydrogen) atoms. The zero-order valence-electron chi connectivity index (χ0n) is 9.77. The fraction of sp³-hybridized carbons (Fsp3) is 0. The quantitative estimate of drug-likeness (QED) is 0.688. The smallest absolute Gasteiger partial charge is 0.223 e. The lowest BCUT2D eigenvalue weighted by Gasteiger charge is -2.06. The van der Waals surface area contributed by atoms with E-state index in [1.165, 1.54) is 6.33 Å². The van der Waals surface area contributed by atoms with E-state index in [0.29, 0.717) is 16.8 Å². The fourth-order valence-corrected chi connectivity index (χ4v) is 1.73. The molecule has 0 aliphatic heterocycles. The molecule has 0 bridgehead atoms. The monoisotopic (exact) mass is 272 g/mol. The maximum Gasteiger partial charge on any atom is 0.223 e. The van der Waals surface area contributed by atoms with Crippen LogP contribution in [0.15, 0.2) is 55.4 Å². The number of benzene rings is 1. The maximum atomic E-state index is 5.76. The number of halogens is 1. The Morgan fingerprint density at radius 2 is 1.95 bits per heavy atom. The molecule has 2 aromatic heterocycles. The van der Waals surface area contributed by atoms with E-state index in [0.717, 1.165) is 5.69 Å². The lowest BCUT2D eigenvalue weighted by molar-refractivity contribution is 0.461. The average Bonchev–Trinajstić information content (AvgIpc) is 2.94. The highest BCUT2D eigenvalue weighted by Gasteiger charge is 2.01. The van der Waals surface area contributed by atoms with Gasteiger partial charge in [0.2, 0.25) is 5.88 Å². The number of ether oxygens (including phenoxy) is 1. The predicted octanol–water partition coefficient (Wildman–Crippen LogP) is 3.11. The van der Waals surface area contributed by atoms with E-state index in [1.54, 1.807) is 18.6 Å². The number of rotatable bonds is 3. The second-order valence-electron chi connectivity index (χ2n) is 3.74. The summed E-state index contributed by atoms with van der Waals surface area (Å²) in [7, 11) is 0. The van der Waals surface area contributed by atoms with Crippen molar-refractivity contribution in [3.05, 3.63) is 60.5 Å². The third-order valence-corrected chi connectivity index (χ3v) is 2.68. The molecular weight excluding hydrogens is 264 g/mol. The molecule has 6 heteroatoms. The van der Waals surface area contributed by atoms with Gasteiger partial charge in [-0.25, -0.2) is 15.0 Å². The minimum absolute atomic E-state index is 0.347. The molecule has 2 heterocycles. The fourth-order valence-electron chi connectivity index (χ4n) is 1.59. The van der Waals surface area contributed by atoms with Crippen LogP contribution in [0.3, 0.4) is 0 Å². The zero-order chi connectivity index (χ0) is 13.1. The Kier molecular flexibility index (Phi) is 3.12. The Balaban J connectivity index is 1.80. The summed E-state index contributed by atoms with van der Waals surface area (Å²) in [4.78, 5) is 11.8. The molecule has 0 saturated carbocycles. The van der Waals surface area contributed by atoms with E-state index in [1.807, 2.05) is 35.0 Å². The van der Waals surface area contributed by atoms with E-state index < -0.39 is 0 Å². The third-order valence-electron chi connectivity index (χ3n) is 2.47. The molecule has 0 saturated heterocycles. The molecule has 0 atom stereocenters. The largest absolute Gasteiger partial charge is 0.439 e. The van der Waals surface area contributed by atoms with Gasteiger partial charge in [0.05, 0.1) is 6.33 Å². The van der Waals surface area contributed by atoms with Crippen LogP contribution in [-0.2, 0) is 0 Å². The number of aromatic nitrogens is 4. The highest BCUT2D eigenvalue weighted by molar-refractivity contribution is 6.29. The van der Waals surface area contributed by atoms with Gasteiger partial charge in [0.15, 0.2) is 0 Å². The number of hydrogen-bond acceptors (Lipinski definition) is 4. The van der Waals surface area contributed by atoms with Gasteiger partial charge < -0.3 is 9.30 Å². The summed E-state index contributed by atoms with van der Waals surface area (Å²) in [5.41, 5.74) is 1.01. The summed E-state index contributed by atoms with van der Waals surface area (Å²) in [5, 5.41) is 0.347. The summed E-state index contributed by atoms with van der Waals surface area (Å²) in [5.74, 6) is 1.09. The Morgan fingerprint density at radius 1 is 1.11 bits per heavy atom. The first-order valence-electron chi connectivity index (χ1n) is 5.55. The molecule has 1 aromatic carbocycles. The second kappa shape index (κ2) is 5.07. The molecule has 0 N–H and O–H groups in total. The first-order chi connectivity index (χ1) is 9.31. The molecular formula is C13H9ClN4O. The Morgan fingerprint density at radius 3 is 2.63 bits per heavy atom. The third kappa shape index (κ3) is 2.71. The van der Waals surface area contributed by atoms with Crippen molar-refractivity contribution in [3.63, 3.8) is 0 Å². The van der Waals surface area contributed by atoms with Gasteiger partial charge in [-0.2, -0.15) is 0 Å². The van der Waals surface area contributed by atoms with Crippen molar-refractivity contribution >= 4 is 11.6 Å². The van der Waals surface area contributed by atoms with Crippen LogP contribution < -0.4 is 4.74 Å². The SMILES string of the molecule is Clc1cc(Oc2ccc(-n3ccnc3)cc2)ncn1. The summed E-state index contributed by atoms with van der Waals surface area (Å²) in [6.45, 7) is 0. The maximum absolute atomic E-state index is 5.76. The van der Waals surface area contributed by atoms with Gasteiger partial charge in [-0.3, -0.25) is 0 Å². The van der Waals surface area contributed by atoms with Crippen LogP contribution in [0.1, 0.15) is 0 Å².